The van der Waals surface area contributed by atoms with Crippen molar-refractivity contribution in [2.24, 2.45) is 0 Å². The molecule has 128 valence electrons. The predicted molar refractivity (Wildman–Crippen MR) is 94.6 cm³/mol. The van der Waals surface area contributed by atoms with E-state index in [1.807, 2.05) is 4.90 Å². The molecule has 4 heteroatoms. The van der Waals surface area contributed by atoms with Gasteiger partial charge < -0.3 is 4.90 Å². The molecule has 0 saturated heterocycles. The van der Waals surface area contributed by atoms with Crippen molar-refractivity contribution in [3.05, 3.63) is 71.0 Å². The molecule has 25 heavy (non-hydrogen) atoms. The van der Waals surface area contributed by atoms with Crippen LogP contribution in [0.3, 0.4) is 0 Å². The molecule has 0 aliphatic heterocycles. The lowest BCUT2D eigenvalue weighted by molar-refractivity contribution is 0.0684. The van der Waals surface area contributed by atoms with Crippen molar-refractivity contribution in [2.45, 2.75) is 38.1 Å². The quantitative estimate of drug-likeness (QED) is 0.816. The molecule has 0 aromatic heterocycles. The number of benzene rings is 2. The zero-order valence-corrected chi connectivity index (χ0v) is 14.1. The first kappa shape index (κ1) is 17.2. The van der Waals surface area contributed by atoms with E-state index in [9.17, 15) is 9.18 Å². The van der Waals surface area contributed by atoms with E-state index in [1.54, 1.807) is 36.4 Å². The Morgan fingerprint density at radius 1 is 1.08 bits per heavy atom. The summed E-state index contributed by atoms with van der Waals surface area (Å²) in [7, 11) is 0. The van der Waals surface area contributed by atoms with Crippen LogP contribution in [-0.2, 0) is 6.42 Å². The highest BCUT2D eigenvalue weighted by atomic mass is 19.1. The van der Waals surface area contributed by atoms with Gasteiger partial charge in [-0.25, -0.2) is 4.39 Å². The van der Waals surface area contributed by atoms with Gasteiger partial charge in [-0.15, -0.1) is 0 Å². The molecule has 1 aliphatic rings. The number of carbonyl (C=O) groups excluding carboxylic acids is 1. The molecule has 3 rings (SSSR count). The summed E-state index contributed by atoms with van der Waals surface area (Å²) in [6.45, 7) is 0.620. The van der Waals surface area contributed by atoms with Crippen molar-refractivity contribution in [2.75, 3.05) is 6.54 Å². The number of nitriles is 1. The van der Waals surface area contributed by atoms with Crippen molar-refractivity contribution in [1.29, 1.82) is 5.26 Å². The van der Waals surface area contributed by atoms with Crippen LogP contribution in [0.25, 0.3) is 0 Å². The van der Waals surface area contributed by atoms with Gasteiger partial charge in [0, 0.05) is 18.2 Å². The molecule has 0 unspecified atom stereocenters. The van der Waals surface area contributed by atoms with E-state index in [0.29, 0.717) is 24.1 Å². The Kier molecular flexibility index (Phi) is 5.45. The molecule has 0 spiro atoms. The molecule has 0 heterocycles. The molecule has 0 bridgehead atoms. The van der Waals surface area contributed by atoms with Gasteiger partial charge in [0.05, 0.1) is 11.6 Å². The van der Waals surface area contributed by atoms with Crippen LogP contribution in [0.5, 0.6) is 0 Å². The van der Waals surface area contributed by atoms with Crippen molar-refractivity contribution in [3.63, 3.8) is 0 Å². The second-order valence-corrected chi connectivity index (χ2v) is 6.50. The van der Waals surface area contributed by atoms with Gasteiger partial charge in [-0.2, -0.15) is 5.26 Å². The Morgan fingerprint density at radius 3 is 2.32 bits per heavy atom. The summed E-state index contributed by atoms with van der Waals surface area (Å²) < 4.78 is 13.1. The highest BCUT2D eigenvalue weighted by molar-refractivity contribution is 5.94. The van der Waals surface area contributed by atoms with Crippen molar-refractivity contribution < 1.29 is 9.18 Å². The summed E-state index contributed by atoms with van der Waals surface area (Å²) >= 11 is 0. The van der Waals surface area contributed by atoms with E-state index in [-0.39, 0.29) is 17.8 Å². The molecule has 2 aromatic rings. The third-order valence-electron chi connectivity index (χ3n) is 4.84. The highest BCUT2D eigenvalue weighted by Crippen LogP contribution is 2.25. The topological polar surface area (TPSA) is 44.1 Å². The predicted octanol–water partition coefficient (Wildman–Crippen LogP) is 4.32. The minimum Gasteiger partial charge on any atom is -0.335 e. The standard InChI is InChI=1S/C21H21FN2O/c22-19-11-7-16(8-12-19)13-14-24(20-3-1-2-4-20)21(25)18-9-5-17(15-23)6-10-18/h5-12,20H,1-4,13-14H2. The summed E-state index contributed by atoms with van der Waals surface area (Å²) in [6.07, 6.45) is 5.08. The van der Waals surface area contributed by atoms with Gasteiger partial charge in [0.2, 0.25) is 0 Å². The number of carbonyl (C=O) groups is 1. The maximum atomic E-state index is 13.1. The summed E-state index contributed by atoms with van der Waals surface area (Å²) in [5.74, 6) is -0.233. The fourth-order valence-electron chi connectivity index (χ4n) is 3.42. The van der Waals surface area contributed by atoms with Gasteiger partial charge in [0.1, 0.15) is 5.82 Å². The zero-order valence-electron chi connectivity index (χ0n) is 14.1. The first-order valence-electron chi connectivity index (χ1n) is 8.73. The van der Waals surface area contributed by atoms with Gasteiger partial charge in [0.15, 0.2) is 0 Å². The number of hydrogen-bond acceptors (Lipinski definition) is 2. The molecule has 0 atom stereocenters. The van der Waals surface area contributed by atoms with Crippen LogP contribution in [0.4, 0.5) is 4.39 Å². The summed E-state index contributed by atoms with van der Waals surface area (Å²) in [5.41, 5.74) is 2.19. The lowest BCUT2D eigenvalue weighted by Gasteiger charge is -2.29. The molecule has 1 fully saturated rings. The second kappa shape index (κ2) is 7.94. The largest absolute Gasteiger partial charge is 0.335 e. The Hall–Kier alpha value is -2.67. The van der Waals surface area contributed by atoms with Crippen molar-refractivity contribution in [1.82, 2.24) is 4.90 Å². The van der Waals surface area contributed by atoms with Crippen LogP contribution >= 0.6 is 0 Å². The van der Waals surface area contributed by atoms with Crippen LogP contribution in [0.1, 0.15) is 47.2 Å². The summed E-state index contributed by atoms with van der Waals surface area (Å²) in [4.78, 5) is 14.9. The van der Waals surface area contributed by atoms with Crippen LogP contribution < -0.4 is 0 Å². The normalized spacial score (nSPS) is 14.2. The Balaban J connectivity index is 1.75. The SMILES string of the molecule is N#Cc1ccc(C(=O)N(CCc2ccc(F)cc2)C2CCCC2)cc1. The number of nitrogens with zero attached hydrogens (tertiary/aromatic N) is 2. The first-order valence-corrected chi connectivity index (χ1v) is 8.73. The Morgan fingerprint density at radius 2 is 1.72 bits per heavy atom. The summed E-state index contributed by atoms with van der Waals surface area (Å²) in [5, 5.41) is 8.91. The van der Waals surface area contributed by atoms with Crippen molar-refractivity contribution in [3.8, 4) is 6.07 Å². The van der Waals surface area contributed by atoms with Crippen LogP contribution in [0.15, 0.2) is 48.5 Å². The Bertz CT molecular complexity index is 756. The van der Waals surface area contributed by atoms with E-state index >= 15 is 0 Å². The average molecular weight is 336 g/mol. The molecule has 1 aliphatic carbocycles. The zero-order chi connectivity index (χ0) is 17.6. The lowest BCUT2D eigenvalue weighted by Crippen LogP contribution is -2.40. The van der Waals surface area contributed by atoms with E-state index in [4.69, 9.17) is 5.26 Å². The highest BCUT2D eigenvalue weighted by Gasteiger charge is 2.27. The van der Waals surface area contributed by atoms with Crippen LogP contribution in [0.2, 0.25) is 0 Å². The fraction of sp³-hybridized carbons (Fsp3) is 0.333. The van der Waals surface area contributed by atoms with Crippen LogP contribution in [-0.4, -0.2) is 23.4 Å². The van der Waals surface area contributed by atoms with Gasteiger partial charge >= 0.3 is 0 Å². The number of rotatable bonds is 5. The van der Waals surface area contributed by atoms with Crippen LogP contribution in [0, 0.1) is 17.1 Å². The first-order chi connectivity index (χ1) is 12.2. The minimum atomic E-state index is -0.245. The average Bonchev–Trinajstić information content (AvgIpc) is 3.18. The molecular weight excluding hydrogens is 315 g/mol. The number of amides is 1. The molecule has 1 amide bonds. The third kappa shape index (κ3) is 4.24. The Labute approximate surface area is 147 Å². The maximum Gasteiger partial charge on any atom is 0.254 e. The number of hydrogen-bond donors (Lipinski definition) is 0. The smallest absolute Gasteiger partial charge is 0.254 e. The maximum absolute atomic E-state index is 13.1. The van der Waals surface area contributed by atoms with E-state index in [2.05, 4.69) is 6.07 Å². The minimum absolute atomic E-state index is 0.0125. The van der Waals surface area contributed by atoms with E-state index in [1.165, 1.54) is 12.1 Å². The van der Waals surface area contributed by atoms with E-state index < -0.39 is 0 Å². The molecule has 2 aromatic carbocycles. The van der Waals surface area contributed by atoms with Gasteiger partial charge in [-0.1, -0.05) is 25.0 Å². The fourth-order valence-corrected chi connectivity index (χ4v) is 3.42. The van der Waals surface area contributed by atoms with E-state index in [0.717, 1.165) is 31.2 Å². The van der Waals surface area contributed by atoms with Gasteiger partial charge in [-0.05, 0) is 61.2 Å². The summed E-state index contributed by atoms with van der Waals surface area (Å²) in [6, 6.07) is 15.6. The molecular formula is C21H21FN2O. The molecule has 0 N–H and O–H groups in total. The molecule has 0 radical (unpaired) electrons. The van der Waals surface area contributed by atoms with Crippen molar-refractivity contribution >= 4 is 5.91 Å². The lowest BCUT2D eigenvalue weighted by atomic mass is 10.1. The third-order valence-corrected chi connectivity index (χ3v) is 4.84. The molecule has 1 saturated carbocycles. The van der Waals surface area contributed by atoms with Gasteiger partial charge in [-0.3, -0.25) is 4.79 Å². The molecule has 3 nitrogen and oxygen atoms in total. The second-order valence-electron chi connectivity index (χ2n) is 6.50. The monoisotopic (exact) mass is 336 g/mol. The van der Waals surface area contributed by atoms with Gasteiger partial charge in [0.25, 0.3) is 5.91 Å². The number of halogens is 1.